The Bertz CT molecular complexity index is 732. The maximum Gasteiger partial charge on any atom is 0.289 e. The molecule has 0 aliphatic carbocycles. The van der Waals surface area contributed by atoms with Crippen LogP contribution in [0.3, 0.4) is 0 Å². The quantitative estimate of drug-likeness (QED) is 0.822. The fraction of sp³-hybridized carbons (Fsp3) is 0.389. The van der Waals surface area contributed by atoms with Gasteiger partial charge in [0.25, 0.3) is 5.91 Å². The molecule has 0 unspecified atom stereocenters. The zero-order valence-corrected chi connectivity index (χ0v) is 14.9. The van der Waals surface area contributed by atoms with E-state index in [0.717, 1.165) is 23.5 Å². The Morgan fingerprint density at radius 1 is 1.44 bits per heavy atom. The normalized spacial score (nSPS) is 16.7. The number of carbonyl (C=O) groups is 2. The van der Waals surface area contributed by atoms with Crippen LogP contribution in [0.15, 0.2) is 41.1 Å². The number of nitrogens with zero attached hydrogens (tertiary/aromatic N) is 2. The Balaban J connectivity index is 1.76. The van der Waals surface area contributed by atoms with Crippen LogP contribution in [0.5, 0.6) is 0 Å². The van der Waals surface area contributed by atoms with Gasteiger partial charge in [-0.15, -0.1) is 0 Å². The van der Waals surface area contributed by atoms with Gasteiger partial charge in [0.15, 0.2) is 5.76 Å². The second-order valence-electron chi connectivity index (χ2n) is 6.05. The SMILES string of the molecule is CSCc1ccc(C(=O)N(Cc2cccnc2)C[C@@H]2CCC(=O)N2)o1. The van der Waals surface area contributed by atoms with E-state index in [1.165, 1.54) is 0 Å². The van der Waals surface area contributed by atoms with Gasteiger partial charge in [0.05, 0.1) is 5.75 Å². The average Bonchev–Trinajstić information content (AvgIpc) is 3.24. The molecule has 0 spiro atoms. The van der Waals surface area contributed by atoms with Crippen LogP contribution < -0.4 is 5.32 Å². The van der Waals surface area contributed by atoms with Crippen molar-refractivity contribution in [3.8, 4) is 0 Å². The zero-order valence-electron chi connectivity index (χ0n) is 14.1. The lowest BCUT2D eigenvalue weighted by molar-refractivity contribution is -0.119. The van der Waals surface area contributed by atoms with E-state index in [4.69, 9.17) is 4.42 Å². The molecular weight excluding hydrogens is 338 g/mol. The van der Waals surface area contributed by atoms with Gasteiger partial charge in [0.1, 0.15) is 5.76 Å². The van der Waals surface area contributed by atoms with Gasteiger partial charge in [0.2, 0.25) is 5.91 Å². The van der Waals surface area contributed by atoms with E-state index in [2.05, 4.69) is 10.3 Å². The Hall–Kier alpha value is -2.28. The summed E-state index contributed by atoms with van der Waals surface area (Å²) in [5.41, 5.74) is 0.941. The lowest BCUT2D eigenvalue weighted by Gasteiger charge is -2.25. The predicted octanol–water partition coefficient (Wildman–Crippen LogP) is 2.46. The third kappa shape index (κ3) is 4.63. The van der Waals surface area contributed by atoms with E-state index in [1.807, 2.05) is 24.5 Å². The molecule has 6 nitrogen and oxygen atoms in total. The molecule has 132 valence electrons. The van der Waals surface area contributed by atoms with Crippen molar-refractivity contribution in [2.24, 2.45) is 0 Å². The Labute approximate surface area is 151 Å². The van der Waals surface area contributed by atoms with Crippen LogP contribution in [-0.2, 0) is 17.1 Å². The molecule has 7 heteroatoms. The molecule has 1 fully saturated rings. The van der Waals surface area contributed by atoms with Gasteiger partial charge in [-0.25, -0.2) is 0 Å². The molecule has 1 saturated heterocycles. The first-order chi connectivity index (χ1) is 12.2. The van der Waals surface area contributed by atoms with Gasteiger partial charge in [-0.3, -0.25) is 14.6 Å². The van der Waals surface area contributed by atoms with E-state index in [9.17, 15) is 9.59 Å². The topological polar surface area (TPSA) is 75.4 Å². The summed E-state index contributed by atoms with van der Waals surface area (Å²) in [6.07, 6.45) is 6.69. The predicted molar refractivity (Wildman–Crippen MR) is 96.1 cm³/mol. The fourth-order valence-electron chi connectivity index (χ4n) is 2.88. The van der Waals surface area contributed by atoms with Gasteiger partial charge in [-0.2, -0.15) is 11.8 Å². The van der Waals surface area contributed by atoms with Crippen molar-refractivity contribution < 1.29 is 14.0 Å². The van der Waals surface area contributed by atoms with E-state index >= 15 is 0 Å². The largest absolute Gasteiger partial charge is 0.455 e. The first kappa shape index (κ1) is 17.5. The molecule has 2 aromatic rings. The summed E-state index contributed by atoms with van der Waals surface area (Å²) in [4.78, 5) is 30.2. The van der Waals surface area contributed by atoms with Crippen molar-refractivity contribution in [1.29, 1.82) is 0 Å². The number of thioether (sulfide) groups is 1. The summed E-state index contributed by atoms with van der Waals surface area (Å²) < 4.78 is 5.68. The van der Waals surface area contributed by atoms with Crippen LogP contribution in [0, 0.1) is 0 Å². The van der Waals surface area contributed by atoms with Crippen molar-refractivity contribution >= 4 is 23.6 Å². The van der Waals surface area contributed by atoms with Crippen LogP contribution >= 0.6 is 11.8 Å². The Kier molecular flexibility index (Phi) is 5.75. The van der Waals surface area contributed by atoms with Crippen molar-refractivity contribution in [2.45, 2.75) is 31.2 Å². The molecule has 1 aliphatic rings. The third-order valence-electron chi connectivity index (χ3n) is 4.07. The molecule has 3 rings (SSSR count). The van der Waals surface area contributed by atoms with Gasteiger partial charge in [-0.1, -0.05) is 6.07 Å². The van der Waals surface area contributed by atoms with Gasteiger partial charge >= 0.3 is 0 Å². The van der Waals surface area contributed by atoms with Crippen LogP contribution in [0.25, 0.3) is 0 Å². The second kappa shape index (κ2) is 8.20. The standard InChI is InChI=1S/C18H21N3O3S/c1-25-12-15-5-6-16(24-15)18(23)21(10-13-3-2-8-19-9-13)11-14-4-7-17(22)20-14/h2-3,5-6,8-9,14H,4,7,10-12H2,1H3,(H,20,22)/t14-/m0/s1. The number of hydrogen-bond acceptors (Lipinski definition) is 5. The smallest absolute Gasteiger partial charge is 0.289 e. The molecule has 25 heavy (non-hydrogen) atoms. The third-order valence-corrected chi connectivity index (χ3v) is 4.64. The van der Waals surface area contributed by atoms with Crippen molar-refractivity contribution in [3.63, 3.8) is 0 Å². The molecule has 0 radical (unpaired) electrons. The van der Waals surface area contributed by atoms with Crippen molar-refractivity contribution in [2.75, 3.05) is 12.8 Å². The van der Waals surface area contributed by atoms with Crippen LogP contribution in [-0.4, -0.2) is 40.5 Å². The molecule has 2 aromatic heterocycles. The monoisotopic (exact) mass is 359 g/mol. The van der Waals surface area contributed by atoms with E-state index in [0.29, 0.717) is 25.3 Å². The highest BCUT2D eigenvalue weighted by molar-refractivity contribution is 7.97. The molecule has 1 aliphatic heterocycles. The maximum atomic E-state index is 12.9. The number of furan rings is 1. The molecule has 0 bridgehead atoms. The summed E-state index contributed by atoms with van der Waals surface area (Å²) in [5, 5.41) is 2.92. The molecule has 0 saturated carbocycles. The highest BCUT2D eigenvalue weighted by Gasteiger charge is 2.27. The molecule has 3 heterocycles. The maximum absolute atomic E-state index is 12.9. The minimum atomic E-state index is -0.169. The van der Waals surface area contributed by atoms with E-state index in [-0.39, 0.29) is 17.9 Å². The first-order valence-electron chi connectivity index (χ1n) is 8.21. The Morgan fingerprint density at radius 3 is 3.00 bits per heavy atom. The number of amides is 2. The number of hydrogen-bond donors (Lipinski definition) is 1. The highest BCUT2D eigenvalue weighted by Crippen LogP contribution is 2.18. The second-order valence-corrected chi connectivity index (χ2v) is 6.92. The number of aromatic nitrogens is 1. The average molecular weight is 359 g/mol. The van der Waals surface area contributed by atoms with Crippen LogP contribution in [0.2, 0.25) is 0 Å². The van der Waals surface area contributed by atoms with Gasteiger partial charge < -0.3 is 14.6 Å². The molecule has 0 aromatic carbocycles. The lowest BCUT2D eigenvalue weighted by Crippen LogP contribution is -2.41. The summed E-state index contributed by atoms with van der Waals surface area (Å²) >= 11 is 1.64. The zero-order chi connectivity index (χ0) is 17.6. The lowest BCUT2D eigenvalue weighted by atomic mass is 10.2. The Morgan fingerprint density at radius 2 is 2.32 bits per heavy atom. The molecule has 1 N–H and O–H groups in total. The van der Waals surface area contributed by atoms with Crippen molar-refractivity contribution in [1.82, 2.24) is 15.2 Å². The fourth-order valence-corrected chi connectivity index (χ4v) is 3.32. The van der Waals surface area contributed by atoms with Crippen LogP contribution in [0.4, 0.5) is 0 Å². The van der Waals surface area contributed by atoms with E-state index in [1.54, 1.807) is 35.1 Å². The summed E-state index contributed by atoms with van der Waals surface area (Å²) in [6, 6.07) is 7.31. The first-order valence-corrected chi connectivity index (χ1v) is 9.60. The minimum absolute atomic E-state index is 0.0197. The molecule has 2 amide bonds. The molecular formula is C18H21N3O3S. The molecule has 1 atom stereocenters. The number of carbonyl (C=O) groups excluding carboxylic acids is 2. The van der Waals surface area contributed by atoms with Crippen molar-refractivity contribution in [3.05, 3.63) is 53.7 Å². The van der Waals surface area contributed by atoms with E-state index < -0.39 is 0 Å². The van der Waals surface area contributed by atoms with Gasteiger partial charge in [-0.05, 0) is 36.4 Å². The highest BCUT2D eigenvalue weighted by atomic mass is 32.2. The summed E-state index contributed by atoms with van der Waals surface area (Å²) in [7, 11) is 0. The minimum Gasteiger partial charge on any atom is -0.455 e. The van der Waals surface area contributed by atoms with Gasteiger partial charge in [0, 0.05) is 37.9 Å². The summed E-state index contributed by atoms with van der Waals surface area (Å²) in [6.45, 7) is 0.885. The van der Waals surface area contributed by atoms with Crippen LogP contribution in [0.1, 0.15) is 34.7 Å². The number of nitrogens with one attached hydrogen (secondary N) is 1. The summed E-state index contributed by atoms with van der Waals surface area (Å²) in [5.74, 6) is 1.72. The number of pyridine rings is 1. The number of rotatable bonds is 7.